The van der Waals surface area contributed by atoms with Crippen LogP contribution in [0.25, 0.3) is 0 Å². The Balaban J connectivity index is 4.21. The third-order valence-corrected chi connectivity index (χ3v) is 14.3. The molecule has 0 saturated heterocycles. The van der Waals surface area contributed by atoms with Gasteiger partial charge in [-0.3, -0.25) is 9.36 Å². The first-order valence-corrected chi connectivity index (χ1v) is 32.1. The first kappa shape index (κ1) is 71.4. The van der Waals surface area contributed by atoms with Crippen molar-refractivity contribution in [3.05, 3.63) is 97.2 Å². The van der Waals surface area contributed by atoms with Crippen LogP contribution in [0.2, 0.25) is 0 Å². The second kappa shape index (κ2) is 55.2. The molecular weight excluding hydrogens is 936 g/mol. The summed E-state index contributed by atoms with van der Waals surface area (Å²) in [5, 5.41) is 13.9. The molecule has 0 radical (unpaired) electrons. The molecular formula is C65H117N2O6P. The standard InChI is InChI=1S/C65H117N2O6P/c1-6-8-10-12-14-16-18-20-22-24-26-28-29-30-31-32-33-34-35-36-37-39-41-43-45-47-49-51-53-55-57-59-65(69)66-63(62-73-74(70,71)72-61-60-67(3,4)5)64(68)58-56-54-52-50-48-46-44-42-40-38-27-25-23-21-19-17-15-13-11-9-7-2/h8,10,14,16,20,22,26,28,30-31,33-34,36-37,56,58,63-64,68H,6-7,9,11-13,15,17-19,21,23-25,27,29,32,35,38-55,57,59-62H2,1-5H3,(H-,66,69,70,71)/b10-8-,16-14-,22-20-,28-26-,31-30-,34-33-,37-36-,58-56+. The molecule has 0 aromatic carbocycles. The molecule has 2 N–H and O–H groups in total. The first-order chi connectivity index (χ1) is 36.0. The fraction of sp³-hybridized carbons (Fsp3) is 0.738. The highest BCUT2D eigenvalue weighted by atomic mass is 31.2. The van der Waals surface area contributed by atoms with E-state index in [-0.39, 0.29) is 19.1 Å². The van der Waals surface area contributed by atoms with E-state index in [0.717, 1.165) is 89.9 Å². The average Bonchev–Trinajstić information content (AvgIpc) is 3.36. The summed E-state index contributed by atoms with van der Waals surface area (Å²) in [5.41, 5.74) is 0. The van der Waals surface area contributed by atoms with Gasteiger partial charge in [0.15, 0.2) is 0 Å². The zero-order valence-electron chi connectivity index (χ0n) is 48.8. The number of carbonyl (C=O) groups excluding carboxylic acids is 1. The average molecular weight is 1050 g/mol. The van der Waals surface area contributed by atoms with Crippen LogP contribution < -0.4 is 10.2 Å². The molecule has 0 aromatic rings. The number of hydrogen-bond donors (Lipinski definition) is 2. The number of hydrogen-bond acceptors (Lipinski definition) is 6. The van der Waals surface area contributed by atoms with Gasteiger partial charge in [0, 0.05) is 6.42 Å². The molecule has 0 rings (SSSR count). The van der Waals surface area contributed by atoms with Crippen LogP contribution in [0.4, 0.5) is 0 Å². The van der Waals surface area contributed by atoms with Crippen molar-refractivity contribution in [1.82, 2.24) is 5.32 Å². The number of quaternary nitrogens is 1. The molecule has 428 valence electrons. The number of carbonyl (C=O) groups is 1. The minimum absolute atomic E-state index is 0.00631. The van der Waals surface area contributed by atoms with Crippen LogP contribution in [-0.4, -0.2) is 68.5 Å². The smallest absolute Gasteiger partial charge is 0.268 e. The van der Waals surface area contributed by atoms with Gasteiger partial charge < -0.3 is 28.8 Å². The third kappa shape index (κ3) is 57.1. The van der Waals surface area contributed by atoms with Crippen LogP contribution in [0.5, 0.6) is 0 Å². The lowest BCUT2D eigenvalue weighted by Gasteiger charge is -2.29. The van der Waals surface area contributed by atoms with E-state index in [9.17, 15) is 19.4 Å². The van der Waals surface area contributed by atoms with Gasteiger partial charge in [-0.2, -0.15) is 0 Å². The van der Waals surface area contributed by atoms with Gasteiger partial charge in [-0.05, 0) is 77.0 Å². The van der Waals surface area contributed by atoms with Crippen LogP contribution >= 0.6 is 7.82 Å². The van der Waals surface area contributed by atoms with Crippen molar-refractivity contribution in [3.63, 3.8) is 0 Å². The Hall–Kier alpha value is -2.58. The lowest BCUT2D eigenvalue weighted by atomic mass is 10.0. The molecule has 0 aromatic heterocycles. The van der Waals surface area contributed by atoms with Gasteiger partial charge in [0.1, 0.15) is 13.2 Å². The summed E-state index contributed by atoms with van der Waals surface area (Å²) < 4.78 is 23.4. The van der Waals surface area contributed by atoms with E-state index < -0.39 is 20.0 Å². The van der Waals surface area contributed by atoms with E-state index in [0.29, 0.717) is 17.4 Å². The summed E-state index contributed by atoms with van der Waals surface area (Å²) in [7, 11) is 1.25. The molecule has 0 aliphatic heterocycles. The van der Waals surface area contributed by atoms with Crippen molar-refractivity contribution in [2.75, 3.05) is 40.9 Å². The highest BCUT2D eigenvalue weighted by Crippen LogP contribution is 2.38. The molecule has 0 aliphatic rings. The monoisotopic (exact) mass is 1050 g/mol. The Morgan fingerprint density at radius 3 is 1.20 bits per heavy atom. The summed E-state index contributed by atoms with van der Waals surface area (Å²) in [6, 6.07) is -0.897. The van der Waals surface area contributed by atoms with E-state index in [2.05, 4.69) is 104 Å². The Bertz CT molecular complexity index is 1520. The van der Waals surface area contributed by atoms with Gasteiger partial charge in [0.25, 0.3) is 7.82 Å². The van der Waals surface area contributed by atoms with Crippen molar-refractivity contribution in [1.29, 1.82) is 0 Å². The molecule has 0 saturated carbocycles. The molecule has 74 heavy (non-hydrogen) atoms. The van der Waals surface area contributed by atoms with E-state index in [1.54, 1.807) is 6.08 Å². The first-order valence-electron chi connectivity index (χ1n) is 30.6. The number of nitrogens with one attached hydrogen (secondary N) is 1. The second-order valence-corrected chi connectivity index (χ2v) is 23.1. The molecule has 0 aliphatic carbocycles. The van der Waals surface area contributed by atoms with Crippen LogP contribution in [0, 0.1) is 0 Å². The van der Waals surface area contributed by atoms with Gasteiger partial charge in [0.2, 0.25) is 5.91 Å². The van der Waals surface area contributed by atoms with Crippen LogP contribution in [0.1, 0.15) is 258 Å². The highest BCUT2D eigenvalue weighted by Gasteiger charge is 2.23. The van der Waals surface area contributed by atoms with Crippen molar-refractivity contribution in [2.24, 2.45) is 0 Å². The summed E-state index contributed by atoms with van der Waals surface area (Å²) in [6.45, 7) is 4.54. The lowest BCUT2D eigenvalue weighted by molar-refractivity contribution is -0.870. The molecule has 0 fully saturated rings. The fourth-order valence-electron chi connectivity index (χ4n) is 8.55. The molecule has 8 nitrogen and oxygen atoms in total. The predicted molar refractivity (Wildman–Crippen MR) is 320 cm³/mol. The topological polar surface area (TPSA) is 108 Å². The quantitative estimate of drug-likeness (QED) is 0.0272. The number of aliphatic hydroxyl groups is 1. The minimum Gasteiger partial charge on any atom is -0.756 e. The maximum Gasteiger partial charge on any atom is 0.268 e. The van der Waals surface area contributed by atoms with Gasteiger partial charge in [0.05, 0.1) is 39.9 Å². The summed E-state index contributed by atoms with van der Waals surface area (Å²) in [4.78, 5) is 25.6. The van der Waals surface area contributed by atoms with E-state index >= 15 is 0 Å². The Labute approximate surface area is 458 Å². The number of rotatable bonds is 55. The fourth-order valence-corrected chi connectivity index (χ4v) is 9.27. The summed E-state index contributed by atoms with van der Waals surface area (Å²) in [5.74, 6) is -0.206. The number of amides is 1. The molecule has 0 heterocycles. The molecule has 3 unspecified atom stereocenters. The van der Waals surface area contributed by atoms with Gasteiger partial charge in [-0.1, -0.05) is 272 Å². The number of likely N-dealkylation sites (N-methyl/N-ethyl adjacent to an activating group) is 1. The van der Waals surface area contributed by atoms with Gasteiger partial charge >= 0.3 is 0 Å². The van der Waals surface area contributed by atoms with E-state index in [1.165, 1.54) is 148 Å². The van der Waals surface area contributed by atoms with Crippen molar-refractivity contribution in [3.8, 4) is 0 Å². The van der Waals surface area contributed by atoms with Crippen molar-refractivity contribution >= 4 is 13.7 Å². The Kier molecular flexibility index (Phi) is 53.3. The zero-order valence-corrected chi connectivity index (χ0v) is 49.7. The predicted octanol–water partition coefficient (Wildman–Crippen LogP) is 18.4. The number of phosphoric ester groups is 1. The van der Waals surface area contributed by atoms with E-state index in [1.807, 2.05) is 27.2 Å². The second-order valence-electron chi connectivity index (χ2n) is 21.7. The summed E-state index contributed by atoms with van der Waals surface area (Å²) in [6.07, 6.45) is 79.1. The van der Waals surface area contributed by atoms with Gasteiger partial charge in [-0.25, -0.2) is 0 Å². The summed E-state index contributed by atoms with van der Waals surface area (Å²) >= 11 is 0. The lowest BCUT2D eigenvalue weighted by Crippen LogP contribution is -2.45. The third-order valence-electron chi connectivity index (χ3n) is 13.3. The molecule has 0 spiro atoms. The SMILES string of the molecule is CC/C=C\C/C=C\C/C=C\C/C=C\C/C=C\C/C=C\C/C=C\CCCCCCCCCCCC(=O)NC(COP(=O)([O-])OCC[N+](C)(C)C)C(O)/C=C/CCCCCCCCCCCCCCCCCCCCC. The molecule has 3 atom stereocenters. The zero-order chi connectivity index (χ0) is 54.2. The number of unbranched alkanes of at least 4 members (excludes halogenated alkanes) is 28. The largest absolute Gasteiger partial charge is 0.756 e. The maximum atomic E-state index is 13.0. The number of nitrogens with zero attached hydrogens (tertiary/aromatic N) is 1. The van der Waals surface area contributed by atoms with Crippen molar-refractivity contribution in [2.45, 2.75) is 270 Å². The Morgan fingerprint density at radius 1 is 0.486 bits per heavy atom. The van der Waals surface area contributed by atoms with Gasteiger partial charge in [-0.15, -0.1) is 0 Å². The van der Waals surface area contributed by atoms with Crippen LogP contribution in [0.15, 0.2) is 97.2 Å². The molecule has 1 amide bonds. The Morgan fingerprint density at radius 2 is 0.824 bits per heavy atom. The van der Waals surface area contributed by atoms with E-state index in [4.69, 9.17) is 9.05 Å². The van der Waals surface area contributed by atoms with Crippen LogP contribution in [-0.2, 0) is 18.4 Å². The maximum absolute atomic E-state index is 13.0. The minimum atomic E-state index is -4.61. The van der Waals surface area contributed by atoms with Crippen LogP contribution in [0.3, 0.4) is 0 Å². The number of allylic oxidation sites excluding steroid dienone is 15. The normalized spacial score (nSPS) is 14.5. The van der Waals surface area contributed by atoms with Crippen molar-refractivity contribution < 1.29 is 32.9 Å². The number of aliphatic hydroxyl groups excluding tert-OH is 1. The highest BCUT2D eigenvalue weighted by molar-refractivity contribution is 7.45. The number of phosphoric acid groups is 1. The molecule has 0 bridgehead atoms. The molecule has 9 heteroatoms.